The lowest BCUT2D eigenvalue weighted by molar-refractivity contribution is -0.140. The van der Waals surface area contributed by atoms with E-state index >= 15 is 0 Å². The van der Waals surface area contributed by atoms with E-state index in [1.54, 1.807) is 42.5 Å². The number of ether oxygens (including phenoxy) is 1. The molecule has 9 heteroatoms. The smallest absolute Gasteiger partial charge is 0.337 e. The number of methoxy groups -OCH3 is 1. The van der Waals surface area contributed by atoms with Crippen molar-refractivity contribution in [3.63, 3.8) is 0 Å². The summed E-state index contributed by atoms with van der Waals surface area (Å²) in [5.41, 5.74) is 1.71. The molecule has 0 saturated heterocycles. The Morgan fingerprint density at radius 3 is 2.32 bits per heavy atom. The van der Waals surface area contributed by atoms with Gasteiger partial charge in [0.25, 0.3) is 17.7 Å². The third-order valence-electron chi connectivity index (χ3n) is 5.96. The van der Waals surface area contributed by atoms with E-state index in [-0.39, 0.29) is 22.7 Å². The van der Waals surface area contributed by atoms with Crippen molar-refractivity contribution in [2.24, 2.45) is 0 Å². The van der Waals surface area contributed by atoms with Crippen LogP contribution in [0.15, 0.2) is 59.3 Å². The summed E-state index contributed by atoms with van der Waals surface area (Å²) < 4.78 is 4.69. The van der Waals surface area contributed by atoms with Crippen LogP contribution >= 0.6 is 11.6 Å². The molecule has 2 N–H and O–H groups in total. The summed E-state index contributed by atoms with van der Waals surface area (Å²) in [5, 5.41) is 5.54. The van der Waals surface area contributed by atoms with Gasteiger partial charge in [-0.1, -0.05) is 36.9 Å². The van der Waals surface area contributed by atoms with Crippen LogP contribution in [0.25, 0.3) is 0 Å². The first kappa shape index (κ1) is 23.5. The van der Waals surface area contributed by atoms with E-state index in [1.807, 2.05) is 0 Å². The summed E-state index contributed by atoms with van der Waals surface area (Å²) >= 11 is 6.21. The molecule has 0 atom stereocenters. The molecule has 0 bridgehead atoms. The topological polar surface area (TPSA) is 105 Å². The number of esters is 1. The van der Waals surface area contributed by atoms with Crippen molar-refractivity contribution in [3.05, 3.63) is 70.4 Å². The number of benzene rings is 2. The molecule has 8 nitrogen and oxygen atoms in total. The van der Waals surface area contributed by atoms with Gasteiger partial charge in [0.15, 0.2) is 0 Å². The average Bonchev–Trinajstić information content (AvgIpc) is 3.07. The minimum absolute atomic E-state index is 0.0501. The van der Waals surface area contributed by atoms with Crippen LogP contribution in [-0.4, -0.2) is 41.7 Å². The zero-order valence-corrected chi connectivity index (χ0v) is 19.4. The van der Waals surface area contributed by atoms with E-state index in [0.717, 1.165) is 32.1 Å². The number of carbonyl (C=O) groups is 4. The molecule has 176 valence electrons. The SMILES string of the molecule is COC(=O)c1cccc(NC(=O)c2ccc(NC3=C(Cl)C(=O)N(C4CCCCC4)C3=O)cc2)c1. The van der Waals surface area contributed by atoms with Gasteiger partial charge in [-0.25, -0.2) is 4.79 Å². The van der Waals surface area contributed by atoms with E-state index in [0.29, 0.717) is 22.5 Å². The van der Waals surface area contributed by atoms with E-state index in [2.05, 4.69) is 10.6 Å². The van der Waals surface area contributed by atoms with E-state index in [4.69, 9.17) is 16.3 Å². The summed E-state index contributed by atoms with van der Waals surface area (Å²) in [6.45, 7) is 0. The van der Waals surface area contributed by atoms with Gasteiger partial charge < -0.3 is 15.4 Å². The van der Waals surface area contributed by atoms with Crippen molar-refractivity contribution < 1.29 is 23.9 Å². The highest BCUT2D eigenvalue weighted by Gasteiger charge is 2.42. The average molecular weight is 482 g/mol. The maximum Gasteiger partial charge on any atom is 0.337 e. The molecular weight excluding hydrogens is 458 g/mol. The second kappa shape index (κ2) is 10.1. The molecule has 1 saturated carbocycles. The van der Waals surface area contributed by atoms with Crippen LogP contribution in [0.4, 0.5) is 11.4 Å². The van der Waals surface area contributed by atoms with Crippen LogP contribution < -0.4 is 10.6 Å². The summed E-state index contributed by atoms with van der Waals surface area (Å²) in [6.07, 6.45) is 4.66. The Labute approximate surface area is 201 Å². The highest BCUT2D eigenvalue weighted by Crippen LogP contribution is 2.32. The molecule has 2 aromatic carbocycles. The van der Waals surface area contributed by atoms with Crippen molar-refractivity contribution >= 4 is 46.7 Å². The highest BCUT2D eigenvalue weighted by molar-refractivity contribution is 6.48. The van der Waals surface area contributed by atoms with Crippen LogP contribution in [0.1, 0.15) is 52.8 Å². The summed E-state index contributed by atoms with van der Waals surface area (Å²) in [7, 11) is 1.29. The molecule has 0 aromatic heterocycles. The predicted molar refractivity (Wildman–Crippen MR) is 127 cm³/mol. The Morgan fingerprint density at radius 2 is 1.65 bits per heavy atom. The highest BCUT2D eigenvalue weighted by atomic mass is 35.5. The molecule has 1 aliphatic carbocycles. The standard InChI is InChI=1S/C25H24ClN3O5/c1-34-25(33)16-6-5-7-18(14-16)28-22(30)15-10-12-17(13-11-15)27-21-20(26)23(31)29(24(21)32)19-8-3-2-4-9-19/h5-7,10-14,19,27H,2-4,8-9H2,1H3,(H,28,30). The first-order chi connectivity index (χ1) is 16.4. The van der Waals surface area contributed by atoms with Gasteiger partial charge in [-0.15, -0.1) is 0 Å². The summed E-state index contributed by atoms with van der Waals surface area (Å²) in [5.74, 6) is -1.76. The minimum atomic E-state index is -0.499. The molecule has 34 heavy (non-hydrogen) atoms. The lowest BCUT2D eigenvalue weighted by Gasteiger charge is -2.29. The first-order valence-corrected chi connectivity index (χ1v) is 11.4. The van der Waals surface area contributed by atoms with Gasteiger partial charge in [0, 0.05) is 23.0 Å². The van der Waals surface area contributed by atoms with Crippen LogP contribution in [0.5, 0.6) is 0 Å². The number of hydrogen-bond donors (Lipinski definition) is 2. The zero-order chi connectivity index (χ0) is 24.2. The van der Waals surface area contributed by atoms with Crippen LogP contribution in [0.3, 0.4) is 0 Å². The molecular formula is C25H24ClN3O5. The van der Waals surface area contributed by atoms with Gasteiger partial charge in [-0.3, -0.25) is 19.3 Å². The number of amides is 3. The van der Waals surface area contributed by atoms with Crippen molar-refractivity contribution in [1.82, 2.24) is 4.90 Å². The normalized spacial score (nSPS) is 16.6. The number of nitrogens with zero attached hydrogens (tertiary/aromatic N) is 1. The molecule has 1 heterocycles. The molecule has 1 fully saturated rings. The van der Waals surface area contributed by atoms with Gasteiger partial charge in [-0.2, -0.15) is 0 Å². The molecule has 0 unspecified atom stereocenters. The van der Waals surface area contributed by atoms with Crippen LogP contribution in [0.2, 0.25) is 0 Å². The lowest BCUT2D eigenvalue weighted by atomic mass is 9.94. The molecule has 2 aliphatic rings. The zero-order valence-electron chi connectivity index (χ0n) is 18.6. The predicted octanol–water partition coefficient (Wildman–Crippen LogP) is 4.29. The van der Waals surface area contributed by atoms with Crippen LogP contribution in [0, 0.1) is 0 Å². The van der Waals surface area contributed by atoms with Crippen molar-refractivity contribution in [1.29, 1.82) is 0 Å². The minimum Gasteiger partial charge on any atom is -0.465 e. The monoisotopic (exact) mass is 481 g/mol. The number of anilines is 2. The molecule has 0 radical (unpaired) electrons. The Balaban J connectivity index is 1.43. The van der Waals surface area contributed by atoms with Gasteiger partial charge in [0.1, 0.15) is 10.7 Å². The molecule has 0 spiro atoms. The molecule has 4 rings (SSSR count). The summed E-state index contributed by atoms with van der Waals surface area (Å²) in [6, 6.07) is 12.7. The maximum absolute atomic E-state index is 12.9. The van der Waals surface area contributed by atoms with E-state index in [9.17, 15) is 19.2 Å². The van der Waals surface area contributed by atoms with Crippen molar-refractivity contribution in [3.8, 4) is 0 Å². The fourth-order valence-corrected chi connectivity index (χ4v) is 4.41. The van der Waals surface area contributed by atoms with Gasteiger partial charge in [0.05, 0.1) is 12.7 Å². The van der Waals surface area contributed by atoms with Crippen LogP contribution in [-0.2, 0) is 14.3 Å². The number of nitrogens with one attached hydrogen (secondary N) is 2. The van der Waals surface area contributed by atoms with Crippen molar-refractivity contribution in [2.45, 2.75) is 38.1 Å². The Bertz CT molecular complexity index is 1170. The summed E-state index contributed by atoms with van der Waals surface area (Å²) in [4.78, 5) is 51.1. The Kier molecular flexibility index (Phi) is 6.98. The number of hydrogen-bond acceptors (Lipinski definition) is 6. The van der Waals surface area contributed by atoms with Gasteiger partial charge >= 0.3 is 5.97 Å². The number of carbonyl (C=O) groups excluding carboxylic acids is 4. The Hall–Kier alpha value is -3.65. The van der Waals surface area contributed by atoms with Gasteiger partial charge in [-0.05, 0) is 55.3 Å². The second-order valence-electron chi connectivity index (χ2n) is 8.19. The molecule has 1 aliphatic heterocycles. The fourth-order valence-electron chi connectivity index (χ4n) is 4.19. The maximum atomic E-state index is 12.9. The largest absolute Gasteiger partial charge is 0.465 e. The molecule has 2 aromatic rings. The Morgan fingerprint density at radius 1 is 0.941 bits per heavy atom. The van der Waals surface area contributed by atoms with E-state index in [1.165, 1.54) is 18.1 Å². The lowest BCUT2D eigenvalue weighted by Crippen LogP contribution is -2.42. The third kappa shape index (κ3) is 4.82. The number of imide groups is 1. The quantitative estimate of drug-likeness (QED) is 0.471. The van der Waals surface area contributed by atoms with E-state index < -0.39 is 17.8 Å². The molecule has 3 amide bonds. The fraction of sp³-hybridized carbons (Fsp3) is 0.280. The third-order valence-corrected chi connectivity index (χ3v) is 6.31. The number of halogens is 1. The van der Waals surface area contributed by atoms with Crippen molar-refractivity contribution in [2.75, 3.05) is 17.7 Å². The first-order valence-electron chi connectivity index (χ1n) is 11.0. The van der Waals surface area contributed by atoms with Gasteiger partial charge in [0.2, 0.25) is 0 Å². The number of rotatable bonds is 6. The second-order valence-corrected chi connectivity index (χ2v) is 8.57.